The molecule has 0 aliphatic carbocycles. The summed E-state index contributed by atoms with van der Waals surface area (Å²) in [5.74, 6) is -2.34. The van der Waals surface area contributed by atoms with Crippen LogP contribution in [-0.2, 0) is 14.3 Å². The summed E-state index contributed by atoms with van der Waals surface area (Å²) >= 11 is 0. The predicted molar refractivity (Wildman–Crippen MR) is 118 cm³/mol. The molecule has 0 saturated carbocycles. The van der Waals surface area contributed by atoms with E-state index in [1.807, 2.05) is 19.1 Å². The van der Waals surface area contributed by atoms with Gasteiger partial charge in [-0.1, -0.05) is 42.0 Å². The fraction of sp³-hybridized carbons (Fsp3) is 0.120. The van der Waals surface area contributed by atoms with E-state index in [1.165, 1.54) is 18.2 Å². The van der Waals surface area contributed by atoms with Crippen molar-refractivity contribution in [2.75, 3.05) is 12.0 Å². The lowest BCUT2D eigenvalue weighted by atomic mass is 9.94. The van der Waals surface area contributed by atoms with E-state index in [2.05, 4.69) is 4.98 Å². The third-order valence-electron chi connectivity index (χ3n) is 5.34. The highest BCUT2D eigenvalue weighted by molar-refractivity contribution is 6.51. The molecule has 2 aromatic carbocycles. The number of methoxy groups -OCH3 is 1. The summed E-state index contributed by atoms with van der Waals surface area (Å²) < 4.78 is 4.74. The van der Waals surface area contributed by atoms with Crippen molar-refractivity contribution in [2.45, 2.75) is 13.0 Å². The largest absolute Gasteiger partial charge is 0.507 e. The zero-order chi connectivity index (χ0) is 22.8. The minimum Gasteiger partial charge on any atom is -0.507 e. The van der Waals surface area contributed by atoms with Gasteiger partial charge in [-0.2, -0.15) is 0 Å². The summed E-state index contributed by atoms with van der Waals surface area (Å²) in [5, 5.41) is 11.1. The molecule has 1 amide bonds. The summed E-state index contributed by atoms with van der Waals surface area (Å²) in [4.78, 5) is 43.3. The SMILES string of the molecule is COC(=O)c1ccc(C2/C(=C(\O)c3ccc(C)cc3)C(=O)C(=O)N2c2cccnc2)cc1. The van der Waals surface area contributed by atoms with E-state index >= 15 is 0 Å². The molecule has 160 valence electrons. The first kappa shape index (κ1) is 21.0. The molecule has 1 fully saturated rings. The first-order chi connectivity index (χ1) is 15.4. The lowest BCUT2D eigenvalue weighted by Crippen LogP contribution is -2.29. The maximum Gasteiger partial charge on any atom is 0.337 e. The van der Waals surface area contributed by atoms with Gasteiger partial charge in [0.05, 0.1) is 36.2 Å². The van der Waals surface area contributed by atoms with Gasteiger partial charge in [0.25, 0.3) is 11.7 Å². The van der Waals surface area contributed by atoms with Crippen molar-refractivity contribution in [3.05, 3.63) is 101 Å². The van der Waals surface area contributed by atoms with E-state index in [0.717, 1.165) is 5.56 Å². The third-order valence-corrected chi connectivity index (χ3v) is 5.34. The average Bonchev–Trinajstić information content (AvgIpc) is 3.09. The topological polar surface area (TPSA) is 96.8 Å². The molecule has 0 bridgehead atoms. The summed E-state index contributed by atoms with van der Waals surface area (Å²) in [6.45, 7) is 1.91. The summed E-state index contributed by atoms with van der Waals surface area (Å²) in [6.07, 6.45) is 3.04. The second kappa shape index (κ2) is 8.47. The number of nitrogens with zero attached hydrogens (tertiary/aromatic N) is 2. The van der Waals surface area contributed by atoms with Crippen LogP contribution in [-0.4, -0.2) is 34.9 Å². The van der Waals surface area contributed by atoms with Gasteiger partial charge in [-0.3, -0.25) is 19.5 Å². The van der Waals surface area contributed by atoms with Crippen molar-refractivity contribution in [1.82, 2.24) is 4.98 Å². The third kappa shape index (κ3) is 3.65. The Morgan fingerprint density at radius 3 is 2.25 bits per heavy atom. The molecule has 0 spiro atoms. The Bertz CT molecular complexity index is 1220. The Kier molecular flexibility index (Phi) is 5.55. The van der Waals surface area contributed by atoms with Crippen molar-refractivity contribution < 1.29 is 24.2 Å². The molecule has 4 rings (SSSR count). The Labute approximate surface area is 184 Å². The zero-order valence-electron chi connectivity index (χ0n) is 17.5. The summed E-state index contributed by atoms with van der Waals surface area (Å²) in [5.41, 5.74) is 2.68. The monoisotopic (exact) mass is 428 g/mol. The lowest BCUT2D eigenvalue weighted by molar-refractivity contribution is -0.132. The van der Waals surface area contributed by atoms with Crippen LogP contribution in [0.4, 0.5) is 5.69 Å². The number of ketones is 1. The number of ether oxygens (including phenoxy) is 1. The highest BCUT2D eigenvalue weighted by Gasteiger charge is 2.47. The van der Waals surface area contributed by atoms with Crippen LogP contribution in [0, 0.1) is 6.92 Å². The van der Waals surface area contributed by atoms with E-state index in [0.29, 0.717) is 22.4 Å². The molecule has 1 aromatic heterocycles. The molecule has 32 heavy (non-hydrogen) atoms. The van der Waals surface area contributed by atoms with Crippen molar-refractivity contribution in [3.63, 3.8) is 0 Å². The maximum absolute atomic E-state index is 13.1. The van der Waals surface area contributed by atoms with Gasteiger partial charge in [0, 0.05) is 11.8 Å². The van der Waals surface area contributed by atoms with Gasteiger partial charge in [-0.15, -0.1) is 0 Å². The number of hydrogen-bond acceptors (Lipinski definition) is 6. The lowest BCUT2D eigenvalue weighted by Gasteiger charge is -2.25. The Balaban J connectivity index is 1.90. The van der Waals surface area contributed by atoms with Gasteiger partial charge in [0.1, 0.15) is 5.76 Å². The second-order valence-corrected chi connectivity index (χ2v) is 7.36. The van der Waals surface area contributed by atoms with E-state index in [9.17, 15) is 19.5 Å². The normalized spacial score (nSPS) is 17.4. The summed E-state index contributed by atoms with van der Waals surface area (Å²) in [7, 11) is 1.29. The predicted octanol–water partition coefficient (Wildman–Crippen LogP) is 3.80. The molecular formula is C25H20N2O5. The quantitative estimate of drug-likeness (QED) is 0.294. The number of benzene rings is 2. The van der Waals surface area contributed by atoms with Crippen LogP contribution in [0.5, 0.6) is 0 Å². The van der Waals surface area contributed by atoms with E-state index in [1.54, 1.807) is 54.7 Å². The Hall–Kier alpha value is -4.26. The Morgan fingerprint density at radius 1 is 1.00 bits per heavy atom. The molecule has 1 aliphatic heterocycles. The number of aryl methyl sites for hydroxylation is 1. The minimum atomic E-state index is -0.896. The van der Waals surface area contributed by atoms with Gasteiger partial charge in [-0.05, 0) is 36.8 Å². The van der Waals surface area contributed by atoms with E-state index in [-0.39, 0.29) is 11.3 Å². The maximum atomic E-state index is 13.1. The molecule has 0 radical (unpaired) electrons. The van der Waals surface area contributed by atoms with Crippen molar-refractivity contribution in [2.24, 2.45) is 0 Å². The first-order valence-electron chi connectivity index (χ1n) is 9.88. The number of anilines is 1. The van der Waals surface area contributed by atoms with Crippen LogP contribution in [0.15, 0.2) is 78.6 Å². The van der Waals surface area contributed by atoms with Gasteiger partial charge < -0.3 is 9.84 Å². The first-order valence-corrected chi connectivity index (χ1v) is 9.88. The van der Waals surface area contributed by atoms with E-state index in [4.69, 9.17) is 4.74 Å². The fourth-order valence-electron chi connectivity index (χ4n) is 3.70. The molecule has 1 atom stereocenters. The van der Waals surface area contributed by atoms with Crippen LogP contribution >= 0.6 is 0 Å². The van der Waals surface area contributed by atoms with Crippen LogP contribution in [0.1, 0.15) is 33.1 Å². The van der Waals surface area contributed by atoms with Crippen LogP contribution < -0.4 is 4.90 Å². The molecule has 2 heterocycles. The Morgan fingerprint density at radius 2 is 1.66 bits per heavy atom. The number of rotatable bonds is 4. The molecule has 1 N–H and O–H groups in total. The number of esters is 1. The van der Waals surface area contributed by atoms with Gasteiger partial charge >= 0.3 is 5.97 Å². The number of pyridine rings is 1. The van der Waals surface area contributed by atoms with Crippen molar-refractivity contribution in [3.8, 4) is 0 Å². The number of carbonyl (C=O) groups is 3. The number of aromatic nitrogens is 1. The standard InChI is InChI=1S/C25H20N2O5/c1-15-5-7-17(8-6-15)22(28)20-21(16-9-11-18(12-10-16)25(31)32-2)27(24(30)23(20)29)19-4-3-13-26-14-19/h3-14,21,28H,1-2H3/b22-20+. The highest BCUT2D eigenvalue weighted by Crippen LogP contribution is 2.41. The number of hydrogen-bond donors (Lipinski definition) is 1. The summed E-state index contributed by atoms with van der Waals surface area (Å²) in [6, 6.07) is 15.8. The minimum absolute atomic E-state index is 0.0338. The molecular weight excluding hydrogens is 408 g/mol. The molecule has 1 unspecified atom stereocenters. The smallest absolute Gasteiger partial charge is 0.337 e. The number of Topliss-reactive ketones (excluding diaryl/α,β-unsaturated/α-hetero) is 1. The van der Waals surface area contributed by atoms with Crippen molar-refractivity contribution in [1.29, 1.82) is 0 Å². The van der Waals surface area contributed by atoms with Crippen LogP contribution in [0.25, 0.3) is 5.76 Å². The van der Waals surface area contributed by atoms with Crippen LogP contribution in [0.2, 0.25) is 0 Å². The zero-order valence-corrected chi connectivity index (χ0v) is 17.5. The molecule has 3 aromatic rings. The molecule has 7 nitrogen and oxygen atoms in total. The number of aliphatic hydroxyl groups excluding tert-OH is 1. The number of carbonyl (C=O) groups excluding carboxylic acids is 3. The van der Waals surface area contributed by atoms with Gasteiger partial charge in [0.2, 0.25) is 0 Å². The average molecular weight is 428 g/mol. The number of amides is 1. The van der Waals surface area contributed by atoms with Gasteiger partial charge in [0.15, 0.2) is 0 Å². The number of aliphatic hydroxyl groups is 1. The molecule has 1 saturated heterocycles. The van der Waals surface area contributed by atoms with Crippen LogP contribution in [0.3, 0.4) is 0 Å². The van der Waals surface area contributed by atoms with Crippen molar-refractivity contribution >= 4 is 29.1 Å². The highest BCUT2D eigenvalue weighted by atomic mass is 16.5. The van der Waals surface area contributed by atoms with E-state index < -0.39 is 23.7 Å². The molecule has 7 heteroatoms. The fourth-order valence-corrected chi connectivity index (χ4v) is 3.70. The molecule has 1 aliphatic rings. The second-order valence-electron chi connectivity index (χ2n) is 7.36. The van der Waals surface area contributed by atoms with Gasteiger partial charge in [-0.25, -0.2) is 4.79 Å².